The molecule has 1 N–H and O–H groups in total. The maximum absolute atomic E-state index is 4.26. The lowest BCUT2D eigenvalue weighted by atomic mass is 10.1. The fraction of sp³-hybridized carbons (Fsp3) is 0.400. The number of aromatic nitrogens is 1. The summed E-state index contributed by atoms with van der Waals surface area (Å²) in [6, 6.07) is 4.94. The molecular formula is C15H17BrN2S2. The van der Waals surface area contributed by atoms with Gasteiger partial charge in [0, 0.05) is 38.4 Å². The zero-order valence-electron chi connectivity index (χ0n) is 11.4. The first-order chi connectivity index (χ1) is 9.76. The topological polar surface area (TPSA) is 24.9 Å². The van der Waals surface area contributed by atoms with Crippen LogP contribution in [0.5, 0.6) is 0 Å². The predicted molar refractivity (Wildman–Crippen MR) is 91.6 cm³/mol. The van der Waals surface area contributed by atoms with Crippen LogP contribution >= 0.6 is 39.0 Å². The van der Waals surface area contributed by atoms with E-state index in [1.54, 1.807) is 10.4 Å². The largest absolute Gasteiger partial charge is 0.312 e. The van der Waals surface area contributed by atoms with E-state index in [1.807, 2.05) is 42.5 Å². The van der Waals surface area contributed by atoms with Gasteiger partial charge in [-0.2, -0.15) is 11.8 Å². The number of rotatable bonds is 4. The van der Waals surface area contributed by atoms with Gasteiger partial charge < -0.3 is 5.32 Å². The molecule has 3 rings (SSSR count). The number of nitrogens with one attached hydrogen (secondary N) is 1. The molecule has 2 aromatic rings. The fourth-order valence-corrected chi connectivity index (χ4v) is 5.39. The first-order valence-corrected chi connectivity index (χ1v) is 9.48. The molecular weight excluding hydrogens is 352 g/mol. The second-order valence-electron chi connectivity index (χ2n) is 4.96. The van der Waals surface area contributed by atoms with E-state index in [-0.39, 0.29) is 0 Å². The molecule has 3 heterocycles. The minimum atomic E-state index is 0.381. The molecule has 1 aliphatic rings. The fourth-order valence-electron chi connectivity index (χ4n) is 2.49. The number of nitrogens with zero attached hydrogens (tertiary/aromatic N) is 1. The van der Waals surface area contributed by atoms with Crippen LogP contribution in [-0.4, -0.2) is 17.8 Å². The molecule has 1 aliphatic heterocycles. The second kappa shape index (κ2) is 6.60. The Morgan fingerprint density at radius 3 is 3.05 bits per heavy atom. The van der Waals surface area contributed by atoms with Crippen LogP contribution < -0.4 is 5.32 Å². The number of fused-ring (bicyclic) bond motifs is 1. The quantitative estimate of drug-likeness (QED) is 0.875. The van der Waals surface area contributed by atoms with E-state index >= 15 is 0 Å². The van der Waals surface area contributed by atoms with Gasteiger partial charge in [0.05, 0.1) is 0 Å². The molecule has 5 heteroatoms. The summed E-state index contributed by atoms with van der Waals surface area (Å²) in [5, 5.41) is 3.46. The van der Waals surface area contributed by atoms with Crippen LogP contribution in [0, 0.1) is 0 Å². The number of halogens is 1. The molecule has 2 aromatic heterocycles. The Labute approximate surface area is 136 Å². The Bertz CT molecular complexity index is 574. The maximum atomic E-state index is 4.26. The molecule has 1 atom stereocenters. The van der Waals surface area contributed by atoms with Gasteiger partial charge in [0.15, 0.2) is 0 Å². The molecule has 0 saturated carbocycles. The molecule has 0 fully saturated rings. The molecule has 20 heavy (non-hydrogen) atoms. The van der Waals surface area contributed by atoms with Crippen molar-refractivity contribution < 1.29 is 0 Å². The number of hydrogen-bond donors (Lipinski definition) is 1. The number of aryl methyl sites for hydroxylation is 1. The lowest BCUT2D eigenvalue weighted by Gasteiger charge is -2.14. The third-order valence-electron chi connectivity index (χ3n) is 3.54. The van der Waals surface area contributed by atoms with Gasteiger partial charge in [-0.25, -0.2) is 0 Å². The normalized spacial score (nSPS) is 15.9. The highest BCUT2D eigenvalue weighted by atomic mass is 79.9. The number of thiophene rings is 1. The Morgan fingerprint density at radius 1 is 1.40 bits per heavy atom. The summed E-state index contributed by atoms with van der Waals surface area (Å²) >= 11 is 7.52. The average molecular weight is 369 g/mol. The van der Waals surface area contributed by atoms with E-state index in [0.29, 0.717) is 6.04 Å². The van der Waals surface area contributed by atoms with Crippen LogP contribution in [0.25, 0.3) is 0 Å². The van der Waals surface area contributed by atoms with Gasteiger partial charge in [0.25, 0.3) is 0 Å². The molecule has 0 amide bonds. The van der Waals surface area contributed by atoms with Crippen molar-refractivity contribution in [2.75, 3.05) is 12.8 Å². The van der Waals surface area contributed by atoms with Crippen LogP contribution in [0.3, 0.4) is 0 Å². The van der Waals surface area contributed by atoms with E-state index < -0.39 is 0 Å². The van der Waals surface area contributed by atoms with Crippen LogP contribution in [0.2, 0.25) is 0 Å². The highest BCUT2D eigenvalue weighted by molar-refractivity contribution is 9.10. The molecule has 106 valence electrons. The third-order valence-corrected chi connectivity index (χ3v) is 6.33. The first kappa shape index (κ1) is 14.6. The Kier molecular flexibility index (Phi) is 4.81. The van der Waals surface area contributed by atoms with Gasteiger partial charge in [-0.1, -0.05) is 0 Å². The average Bonchev–Trinajstić information content (AvgIpc) is 2.88. The van der Waals surface area contributed by atoms with Crippen LogP contribution in [0.1, 0.15) is 26.9 Å². The Balaban J connectivity index is 1.81. The number of thioether (sulfide) groups is 1. The summed E-state index contributed by atoms with van der Waals surface area (Å²) in [6.45, 7) is 0. The van der Waals surface area contributed by atoms with Crippen molar-refractivity contribution in [1.29, 1.82) is 0 Å². The summed E-state index contributed by atoms with van der Waals surface area (Å²) in [5.74, 6) is 2.45. The number of pyridine rings is 1. The number of likely N-dealkylation sites (N-methyl/N-ethyl adjacent to an activating group) is 1. The molecule has 0 bridgehead atoms. The Morgan fingerprint density at radius 2 is 2.30 bits per heavy atom. The SMILES string of the molecule is CNC(Cc1cncc(Br)c1)c1cc2c(s1)CCSC2. The standard InChI is InChI=1S/C15H17BrN2S2/c1-17-13(5-10-4-12(16)8-18-7-10)15-6-11-9-19-3-2-14(11)20-15/h4,6-8,13,17H,2-3,5,9H2,1H3. The highest BCUT2D eigenvalue weighted by Gasteiger charge is 2.18. The maximum Gasteiger partial charge on any atom is 0.0454 e. The van der Waals surface area contributed by atoms with Crippen molar-refractivity contribution in [1.82, 2.24) is 10.3 Å². The Hall–Kier alpha value is -0.360. The molecule has 2 nitrogen and oxygen atoms in total. The summed E-state index contributed by atoms with van der Waals surface area (Å²) in [4.78, 5) is 7.30. The monoisotopic (exact) mass is 368 g/mol. The van der Waals surface area contributed by atoms with Crippen molar-refractivity contribution in [2.24, 2.45) is 0 Å². The molecule has 0 saturated heterocycles. The van der Waals surface area contributed by atoms with E-state index in [9.17, 15) is 0 Å². The van der Waals surface area contributed by atoms with Crippen molar-refractivity contribution in [3.63, 3.8) is 0 Å². The minimum Gasteiger partial charge on any atom is -0.312 e. The van der Waals surface area contributed by atoms with E-state index in [0.717, 1.165) is 10.9 Å². The third kappa shape index (κ3) is 3.27. The predicted octanol–water partition coefficient (Wildman–Crippen LogP) is 4.20. The van der Waals surface area contributed by atoms with Crippen molar-refractivity contribution >= 4 is 39.0 Å². The van der Waals surface area contributed by atoms with Crippen molar-refractivity contribution in [3.05, 3.63) is 49.9 Å². The lowest BCUT2D eigenvalue weighted by molar-refractivity contribution is 0.601. The van der Waals surface area contributed by atoms with Crippen molar-refractivity contribution in [2.45, 2.75) is 24.6 Å². The van der Waals surface area contributed by atoms with E-state index in [1.165, 1.54) is 28.4 Å². The van der Waals surface area contributed by atoms with Gasteiger partial charge >= 0.3 is 0 Å². The second-order valence-corrected chi connectivity index (χ2v) is 8.15. The summed E-state index contributed by atoms with van der Waals surface area (Å²) in [6.07, 6.45) is 6.01. The molecule has 0 aliphatic carbocycles. The molecule has 0 aromatic carbocycles. The highest BCUT2D eigenvalue weighted by Crippen LogP contribution is 2.35. The van der Waals surface area contributed by atoms with Gasteiger partial charge in [-0.15, -0.1) is 11.3 Å². The van der Waals surface area contributed by atoms with E-state index in [2.05, 4.69) is 38.4 Å². The minimum absolute atomic E-state index is 0.381. The van der Waals surface area contributed by atoms with Crippen LogP contribution in [0.4, 0.5) is 0 Å². The molecule has 0 radical (unpaired) electrons. The van der Waals surface area contributed by atoms with Gasteiger partial charge in [-0.3, -0.25) is 4.98 Å². The zero-order chi connectivity index (χ0) is 13.9. The summed E-state index contributed by atoms with van der Waals surface area (Å²) < 4.78 is 1.05. The van der Waals surface area contributed by atoms with Gasteiger partial charge in [0.1, 0.15) is 0 Å². The smallest absolute Gasteiger partial charge is 0.0454 e. The first-order valence-electron chi connectivity index (χ1n) is 6.72. The van der Waals surface area contributed by atoms with Crippen LogP contribution in [-0.2, 0) is 18.6 Å². The van der Waals surface area contributed by atoms with E-state index in [4.69, 9.17) is 0 Å². The zero-order valence-corrected chi connectivity index (χ0v) is 14.6. The summed E-state index contributed by atoms with van der Waals surface area (Å²) in [5.41, 5.74) is 2.81. The number of hydrogen-bond acceptors (Lipinski definition) is 4. The van der Waals surface area contributed by atoms with Gasteiger partial charge in [0.2, 0.25) is 0 Å². The van der Waals surface area contributed by atoms with Crippen molar-refractivity contribution in [3.8, 4) is 0 Å². The lowest BCUT2D eigenvalue weighted by Crippen LogP contribution is -2.17. The van der Waals surface area contributed by atoms with Gasteiger partial charge in [-0.05, 0) is 64.8 Å². The molecule has 1 unspecified atom stereocenters. The van der Waals surface area contributed by atoms with Crippen LogP contribution in [0.15, 0.2) is 29.0 Å². The molecule has 0 spiro atoms. The summed E-state index contributed by atoms with van der Waals surface area (Å²) in [7, 11) is 2.05.